The smallest absolute Gasteiger partial charge is 0.261 e. The van der Waals surface area contributed by atoms with Crippen LogP contribution in [0.1, 0.15) is 25.5 Å². The van der Waals surface area contributed by atoms with Gasteiger partial charge in [-0.25, -0.2) is 4.39 Å². The van der Waals surface area contributed by atoms with E-state index in [0.717, 1.165) is 18.6 Å². The summed E-state index contributed by atoms with van der Waals surface area (Å²) in [5, 5.41) is 2.85. The number of ether oxygens (including phenoxy) is 1. The molecule has 0 spiro atoms. The van der Waals surface area contributed by atoms with E-state index in [9.17, 15) is 9.18 Å². The van der Waals surface area contributed by atoms with Crippen molar-refractivity contribution >= 4 is 5.91 Å². The average Bonchev–Trinajstić information content (AvgIpc) is 3.04. The summed E-state index contributed by atoms with van der Waals surface area (Å²) in [5.74, 6) is 0.900. The number of nitrogens with one attached hydrogen (secondary N) is 1. The zero-order chi connectivity index (χ0) is 15.8. The molecule has 0 fully saturated rings. The average molecular weight is 305 g/mol. The number of halogens is 1. The van der Waals surface area contributed by atoms with Crippen molar-refractivity contribution in [3.05, 3.63) is 54.2 Å². The van der Waals surface area contributed by atoms with Crippen molar-refractivity contribution in [2.75, 3.05) is 6.54 Å². The van der Waals surface area contributed by atoms with E-state index >= 15 is 0 Å². The van der Waals surface area contributed by atoms with Crippen molar-refractivity contribution in [1.82, 2.24) is 5.32 Å². The Labute approximate surface area is 129 Å². The van der Waals surface area contributed by atoms with Crippen LogP contribution in [0.5, 0.6) is 5.75 Å². The minimum atomic E-state index is -0.575. The molecule has 0 aliphatic heterocycles. The molecule has 2 aromatic rings. The number of aryl methyl sites for hydroxylation is 1. The highest BCUT2D eigenvalue weighted by Crippen LogP contribution is 2.14. The van der Waals surface area contributed by atoms with Crippen LogP contribution >= 0.6 is 0 Å². The number of carbonyl (C=O) groups is 1. The van der Waals surface area contributed by atoms with Gasteiger partial charge in [0.05, 0.1) is 6.26 Å². The minimum absolute atomic E-state index is 0.161. The van der Waals surface area contributed by atoms with Gasteiger partial charge in [0.1, 0.15) is 17.3 Å². The SMILES string of the molecule is CCC(Oc1ccc(F)cc1)C(=O)NCCCc1ccco1. The van der Waals surface area contributed by atoms with Gasteiger partial charge in [-0.2, -0.15) is 0 Å². The molecule has 4 nitrogen and oxygen atoms in total. The molecule has 2 rings (SSSR count). The largest absolute Gasteiger partial charge is 0.481 e. The summed E-state index contributed by atoms with van der Waals surface area (Å²) in [6.07, 6.45) is 3.18. The maximum absolute atomic E-state index is 12.8. The van der Waals surface area contributed by atoms with Crippen molar-refractivity contribution in [2.45, 2.75) is 32.3 Å². The summed E-state index contributed by atoms with van der Waals surface area (Å²) in [5.41, 5.74) is 0. The Hall–Kier alpha value is -2.30. The molecule has 0 aliphatic rings. The molecule has 1 heterocycles. The van der Waals surface area contributed by atoms with Crippen molar-refractivity contribution in [2.24, 2.45) is 0 Å². The molecule has 0 bridgehead atoms. The van der Waals surface area contributed by atoms with Crippen LogP contribution < -0.4 is 10.1 Å². The van der Waals surface area contributed by atoms with Gasteiger partial charge in [0.15, 0.2) is 6.10 Å². The maximum Gasteiger partial charge on any atom is 0.261 e. The maximum atomic E-state index is 12.8. The van der Waals surface area contributed by atoms with Gasteiger partial charge in [0.2, 0.25) is 0 Å². The van der Waals surface area contributed by atoms with Crippen LogP contribution in [-0.4, -0.2) is 18.6 Å². The molecule has 0 aliphatic carbocycles. The van der Waals surface area contributed by atoms with E-state index in [-0.39, 0.29) is 11.7 Å². The van der Waals surface area contributed by atoms with E-state index in [1.807, 2.05) is 19.1 Å². The van der Waals surface area contributed by atoms with E-state index in [1.54, 1.807) is 6.26 Å². The van der Waals surface area contributed by atoms with Gasteiger partial charge in [-0.1, -0.05) is 6.92 Å². The third-order valence-corrected chi connectivity index (χ3v) is 3.23. The van der Waals surface area contributed by atoms with Gasteiger partial charge in [0.25, 0.3) is 5.91 Å². The highest BCUT2D eigenvalue weighted by atomic mass is 19.1. The lowest BCUT2D eigenvalue weighted by molar-refractivity contribution is -0.128. The van der Waals surface area contributed by atoms with E-state index in [1.165, 1.54) is 24.3 Å². The summed E-state index contributed by atoms with van der Waals surface area (Å²) in [4.78, 5) is 12.1. The fraction of sp³-hybridized carbons (Fsp3) is 0.353. The molecule has 1 unspecified atom stereocenters. The summed E-state index contributed by atoms with van der Waals surface area (Å²) >= 11 is 0. The quantitative estimate of drug-likeness (QED) is 0.761. The van der Waals surface area contributed by atoms with Crippen molar-refractivity contribution in [3.8, 4) is 5.75 Å². The molecule has 0 radical (unpaired) electrons. The molecule has 1 aromatic heterocycles. The molecule has 0 saturated carbocycles. The predicted molar refractivity (Wildman–Crippen MR) is 81.1 cm³/mol. The molecule has 1 N–H and O–H groups in total. The van der Waals surface area contributed by atoms with Gasteiger partial charge < -0.3 is 14.5 Å². The Morgan fingerprint density at radius 1 is 1.32 bits per heavy atom. The van der Waals surface area contributed by atoms with Crippen LogP contribution in [0, 0.1) is 5.82 Å². The lowest BCUT2D eigenvalue weighted by atomic mass is 10.2. The van der Waals surface area contributed by atoms with Crippen molar-refractivity contribution in [3.63, 3.8) is 0 Å². The molecular formula is C17H20FNO3. The van der Waals surface area contributed by atoms with Crippen LogP contribution in [0.25, 0.3) is 0 Å². The van der Waals surface area contributed by atoms with Gasteiger partial charge in [-0.05, 0) is 49.2 Å². The number of hydrogen-bond acceptors (Lipinski definition) is 3. The Balaban J connectivity index is 1.75. The van der Waals surface area contributed by atoms with Gasteiger partial charge in [-0.3, -0.25) is 4.79 Å². The van der Waals surface area contributed by atoms with E-state index < -0.39 is 6.10 Å². The third-order valence-electron chi connectivity index (χ3n) is 3.23. The second-order valence-corrected chi connectivity index (χ2v) is 4.94. The molecule has 1 atom stereocenters. The number of furan rings is 1. The standard InChI is InChI=1S/C17H20FNO3/c1-2-16(22-15-9-7-13(18)8-10-15)17(20)19-11-3-5-14-6-4-12-21-14/h4,6-10,12,16H,2-3,5,11H2,1H3,(H,19,20). The topological polar surface area (TPSA) is 51.5 Å². The first-order chi connectivity index (χ1) is 10.7. The van der Waals surface area contributed by atoms with Crippen LogP contribution in [-0.2, 0) is 11.2 Å². The molecule has 22 heavy (non-hydrogen) atoms. The minimum Gasteiger partial charge on any atom is -0.481 e. The van der Waals surface area contributed by atoms with E-state index in [2.05, 4.69) is 5.32 Å². The zero-order valence-corrected chi connectivity index (χ0v) is 12.5. The van der Waals surface area contributed by atoms with Crippen molar-refractivity contribution < 1.29 is 18.3 Å². The molecule has 118 valence electrons. The van der Waals surface area contributed by atoms with Crippen LogP contribution in [0.3, 0.4) is 0 Å². The monoisotopic (exact) mass is 305 g/mol. The van der Waals surface area contributed by atoms with Gasteiger partial charge >= 0.3 is 0 Å². The highest BCUT2D eigenvalue weighted by Gasteiger charge is 2.17. The first-order valence-electron chi connectivity index (χ1n) is 7.41. The Kier molecular flexibility index (Phi) is 6.01. The molecule has 1 aromatic carbocycles. The second-order valence-electron chi connectivity index (χ2n) is 4.94. The summed E-state index contributed by atoms with van der Waals surface area (Å²) in [7, 11) is 0. The van der Waals surface area contributed by atoms with Gasteiger partial charge in [-0.15, -0.1) is 0 Å². The normalized spacial score (nSPS) is 11.9. The summed E-state index contributed by atoms with van der Waals surface area (Å²) in [6, 6.07) is 9.41. The predicted octanol–water partition coefficient (Wildman–Crippen LogP) is 3.33. The van der Waals surface area contributed by atoms with Crippen LogP contribution in [0.2, 0.25) is 0 Å². The number of amides is 1. The van der Waals surface area contributed by atoms with E-state index in [0.29, 0.717) is 18.7 Å². The number of carbonyl (C=O) groups excluding carboxylic acids is 1. The summed E-state index contributed by atoms with van der Waals surface area (Å²) < 4.78 is 23.7. The number of rotatable bonds is 8. The van der Waals surface area contributed by atoms with Crippen LogP contribution in [0.4, 0.5) is 4.39 Å². The lowest BCUT2D eigenvalue weighted by Gasteiger charge is -2.17. The number of benzene rings is 1. The fourth-order valence-electron chi connectivity index (χ4n) is 2.04. The highest BCUT2D eigenvalue weighted by molar-refractivity contribution is 5.81. The first kappa shape index (κ1) is 16.1. The summed E-state index contributed by atoms with van der Waals surface area (Å²) in [6.45, 7) is 2.43. The van der Waals surface area contributed by atoms with Crippen LogP contribution in [0.15, 0.2) is 47.1 Å². The Bertz CT molecular complexity index is 566. The molecule has 5 heteroatoms. The van der Waals surface area contributed by atoms with Crippen molar-refractivity contribution in [1.29, 1.82) is 0 Å². The molecule has 0 saturated heterocycles. The van der Waals surface area contributed by atoms with Gasteiger partial charge in [0, 0.05) is 13.0 Å². The molecule has 1 amide bonds. The fourth-order valence-corrected chi connectivity index (χ4v) is 2.04. The molecular weight excluding hydrogens is 285 g/mol. The Morgan fingerprint density at radius 2 is 2.09 bits per heavy atom. The lowest BCUT2D eigenvalue weighted by Crippen LogP contribution is -2.38. The third kappa shape index (κ3) is 4.91. The number of hydrogen-bond donors (Lipinski definition) is 1. The zero-order valence-electron chi connectivity index (χ0n) is 12.5. The first-order valence-corrected chi connectivity index (χ1v) is 7.41. The van der Waals surface area contributed by atoms with E-state index in [4.69, 9.17) is 9.15 Å². The second kappa shape index (κ2) is 8.22. The Morgan fingerprint density at radius 3 is 2.73 bits per heavy atom.